The first-order chi connectivity index (χ1) is 9.08. The molecule has 106 valence electrons. The zero-order valence-corrected chi connectivity index (χ0v) is 12.1. The summed E-state index contributed by atoms with van der Waals surface area (Å²) in [5.41, 5.74) is 0.325. The van der Waals surface area contributed by atoms with Gasteiger partial charge in [-0.15, -0.1) is 11.3 Å². The van der Waals surface area contributed by atoms with Gasteiger partial charge in [-0.2, -0.15) is 0 Å². The van der Waals surface area contributed by atoms with Crippen molar-refractivity contribution < 1.29 is 19.1 Å². The summed E-state index contributed by atoms with van der Waals surface area (Å²) in [6.45, 7) is 6.44. The Hall–Kier alpha value is -1.63. The molecule has 1 aromatic heterocycles. The predicted molar refractivity (Wildman–Crippen MR) is 72.5 cm³/mol. The van der Waals surface area contributed by atoms with Crippen molar-refractivity contribution in [1.82, 2.24) is 4.98 Å². The Morgan fingerprint density at radius 3 is 2.58 bits per heavy atom. The molecule has 0 spiro atoms. The van der Waals surface area contributed by atoms with Gasteiger partial charge in [-0.1, -0.05) is 0 Å². The number of nitrogens with zero attached hydrogens (tertiary/aromatic N) is 1. The summed E-state index contributed by atoms with van der Waals surface area (Å²) >= 11 is 1.36. The van der Waals surface area contributed by atoms with Gasteiger partial charge < -0.3 is 14.8 Å². The Balaban J connectivity index is 2.49. The Labute approximate surface area is 116 Å². The lowest BCUT2D eigenvalue weighted by atomic mass is 10.4. The van der Waals surface area contributed by atoms with Crippen molar-refractivity contribution in [2.75, 3.05) is 25.1 Å². The molecule has 0 bridgehead atoms. The number of rotatable bonds is 7. The zero-order valence-electron chi connectivity index (χ0n) is 11.3. The molecule has 19 heavy (non-hydrogen) atoms. The largest absolute Gasteiger partial charge is 0.466 e. The standard InChI is InChI=1S/C12H18N2O4S/c1-4-17-9(15)6-7-13-12-14-10(8(3)19-12)11(16)18-5-2/h4-7H2,1-3H3,(H,13,14). The van der Waals surface area contributed by atoms with Gasteiger partial charge >= 0.3 is 11.9 Å². The smallest absolute Gasteiger partial charge is 0.358 e. The maximum atomic E-state index is 11.6. The van der Waals surface area contributed by atoms with E-state index in [0.29, 0.717) is 30.6 Å². The number of hydrogen-bond acceptors (Lipinski definition) is 7. The zero-order chi connectivity index (χ0) is 14.3. The molecule has 1 N–H and O–H groups in total. The van der Waals surface area contributed by atoms with Gasteiger partial charge in [0, 0.05) is 11.4 Å². The quantitative estimate of drug-likeness (QED) is 0.772. The summed E-state index contributed by atoms with van der Waals surface area (Å²) in [4.78, 5) is 27.7. The van der Waals surface area contributed by atoms with Gasteiger partial charge in [0.1, 0.15) is 0 Å². The first kappa shape index (κ1) is 15.4. The number of anilines is 1. The van der Waals surface area contributed by atoms with Gasteiger partial charge in [-0.3, -0.25) is 4.79 Å². The van der Waals surface area contributed by atoms with Crippen LogP contribution in [0.5, 0.6) is 0 Å². The lowest BCUT2D eigenvalue weighted by Gasteiger charge is -2.02. The number of carbonyl (C=O) groups is 2. The van der Waals surface area contributed by atoms with Crippen molar-refractivity contribution in [2.45, 2.75) is 27.2 Å². The van der Waals surface area contributed by atoms with Crippen molar-refractivity contribution in [3.8, 4) is 0 Å². The molecule has 0 aliphatic heterocycles. The molecule has 0 amide bonds. The molecule has 0 aliphatic rings. The van der Waals surface area contributed by atoms with Gasteiger partial charge in [0.15, 0.2) is 10.8 Å². The molecule has 0 radical (unpaired) electrons. The highest BCUT2D eigenvalue weighted by Gasteiger charge is 2.16. The van der Waals surface area contributed by atoms with E-state index < -0.39 is 5.97 Å². The van der Waals surface area contributed by atoms with Gasteiger partial charge in [-0.25, -0.2) is 9.78 Å². The van der Waals surface area contributed by atoms with Crippen LogP contribution in [0.4, 0.5) is 5.13 Å². The van der Waals surface area contributed by atoms with Gasteiger partial charge in [0.2, 0.25) is 0 Å². The van der Waals surface area contributed by atoms with Crippen molar-refractivity contribution in [1.29, 1.82) is 0 Å². The van der Waals surface area contributed by atoms with Gasteiger partial charge in [0.05, 0.1) is 19.6 Å². The summed E-state index contributed by atoms with van der Waals surface area (Å²) in [6, 6.07) is 0. The molecule has 0 unspecified atom stereocenters. The first-order valence-electron chi connectivity index (χ1n) is 6.12. The van der Waals surface area contributed by atoms with Crippen LogP contribution in [0.25, 0.3) is 0 Å². The molecule has 0 atom stereocenters. The molecule has 7 heteroatoms. The van der Waals surface area contributed by atoms with Gasteiger partial charge in [-0.05, 0) is 20.8 Å². The van der Waals surface area contributed by atoms with E-state index in [-0.39, 0.29) is 12.4 Å². The predicted octanol–water partition coefficient (Wildman–Crippen LogP) is 1.99. The summed E-state index contributed by atoms with van der Waals surface area (Å²) in [7, 11) is 0. The van der Waals surface area contributed by atoms with Crippen LogP contribution in [0.3, 0.4) is 0 Å². The van der Waals surface area contributed by atoms with Crippen LogP contribution in [0.2, 0.25) is 0 Å². The van der Waals surface area contributed by atoms with Crippen LogP contribution in [0.1, 0.15) is 35.6 Å². The monoisotopic (exact) mass is 286 g/mol. The molecule has 1 rings (SSSR count). The van der Waals surface area contributed by atoms with Crippen molar-refractivity contribution in [3.05, 3.63) is 10.6 Å². The fourth-order valence-corrected chi connectivity index (χ4v) is 2.19. The molecule has 0 saturated heterocycles. The molecule has 1 heterocycles. The van der Waals surface area contributed by atoms with Crippen LogP contribution in [-0.4, -0.2) is 36.7 Å². The van der Waals surface area contributed by atoms with Crippen molar-refractivity contribution >= 4 is 28.4 Å². The number of aryl methyl sites for hydroxylation is 1. The highest BCUT2D eigenvalue weighted by molar-refractivity contribution is 7.15. The van der Waals surface area contributed by atoms with E-state index in [9.17, 15) is 9.59 Å². The Bertz CT molecular complexity index is 445. The molecular weight excluding hydrogens is 268 g/mol. The minimum Gasteiger partial charge on any atom is -0.466 e. The molecule has 0 saturated carbocycles. The third kappa shape index (κ3) is 4.86. The van der Waals surface area contributed by atoms with E-state index in [2.05, 4.69) is 10.3 Å². The second kappa shape index (κ2) is 7.73. The summed E-state index contributed by atoms with van der Waals surface area (Å²) in [6.07, 6.45) is 0.265. The second-order valence-corrected chi connectivity index (χ2v) is 4.83. The van der Waals surface area contributed by atoms with E-state index in [0.717, 1.165) is 4.88 Å². The Kier molecular flexibility index (Phi) is 6.27. The molecular formula is C12H18N2O4S. The van der Waals surface area contributed by atoms with Gasteiger partial charge in [0.25, 0.3) is 0 Å². The second-order valence-electron chi connectivity index (χ2n) is 3.63. The number of esters is 2. The third-order valence-corrected chi connectivity index (χ3v) is 3.10. The number of aromatic nitrogens is 1. The van der Waals surface area contributed by atoms with Crippen LogP contribution in [0.15, 0.2) is 0 Å². The summed E-state index contributed by atoms with van der Waals surface area (Å²) < 4.78 is 9.71. The number of hydrogen-bond donors (Lipinski definition) is 1. The summed E-state index contributed by atoms with van der Waals surface area (Å²) in [5, 5.41) is 3.59. The maximum absolute atomic E-state index is 11.6. The minimum atomic E-state index is -0.422. The summed E-state index contributed by atoms with van der Waals surface area (Å²) in [5.74, 6) is -0.677. The number of carbonyl (C=O) groups excluding carboxylic acids is 2. The highest BCUT2D eigenvalue weighted by Crippen LogP contribution is 2.22. The minimum absolute atomic E-state index is 0.256. The first-order valence-corrected chi connectivity index (χ1v) is 6.94. The van der Waals surface area contributed by atoms with Crippen LogP contribution in [0, 0.1) is 6.92 Å². The SMILES string of the molecule is CCOC(=O)CCNc1nc(C(=O)OCC)c(C)s1. The number of thiazole rings is 1. The molecule has 6 nitrogen and oxygen atoms in total. The Morgan fingerprint density at radius 1 is 1.26 bits per heavy atom. The molecule has 0 aliphatic carbocycles. The highest BCUT2D eigenvalue weighted by atomic mass is 32.1. The normalized spacial score (nSPS) is 10.1. The van der Waals surface area contributed by atoms with Crippen molar-refractivity contribution in [3.63, 3.8) is 0 Å². The van der Waals surface area contributed by atoms with E-state index in [1.807, 2.05) is 0 Å². The maximum Gasteiger partial charge on any atom is 0.358 e. The Morgan fingerprint density at radius 2 is 1.95 bits per heavy atom. The van der Waals surface area contributed by atoms with Crippen LogP contribution in [-0.2, 0) is 14.3 Å². The van der Waals surface area contributed by atoms with E-state index >= 15 is 0 Å². The fraction of sp³-hybridized carbons (Fsp3) is 0.583. The third-order valence-electron chi connectivity index (χ3n) is 2.18. The average molecular weight is 286 g/mol. The number of nitrogens with one attached hydrogen (secondary N) is 1. The van der Waals surface area contributed by atoms with Crippen LogP contribution < -0.4 is 5.32 Å². The lowest BCUT2D eigenvalue weighted by Crippen LogP contribution is -2.11. The molecule has 0 fully saturated rings. The number of ether oxygens (including phenoxy) is 2. The van der Waals surface area contributed by atoms with Crippen molar-refractivity contribution in [2.24, 2.45) is 0 Å². The van der Waals surface area contributed by atoms with Crippen LogP contribution >= 0.6 is 11.3 Å². The molecule has 1 aromatic rings. The van der Waals surface area contributed by atoms with E-state index in [4.69, 9.17) is 9.47 Å². The van der Waals surface area contributed by atoms with E-state index in [1.54, 1.807) is 20.8 Å². The topological polar surface area (TPSA) is 77.5 Å². The average Bonchev–Trinajstić information content (AvgIpc) is 2.71. The molecule has 0 aromatic carbocycles. The van der Waals surface area contributed by atoms with E-state index in [1.165, 1.54) is 11.3 Å². The lowest BCUT2D eigenvalue weighted by molar-refractivity contribution is -0.142. The fourth-order valence-electron chi connectivity index (χ4n) is 1.37.